The molecule has 0 saturated heterocycles. The van der Waals surface area contributed by atoms with Gasteiger partial charge in [-0.05, 0) is 44.0 Å². The number of thiophene rings is 1. The van der Waals surface area contributed by atoms with Crippen LogP contribution < -0.4 is 16.2 Å². The standard InChI is InChI=1S/C15H23N3OS2/c1-3-12-10(2)21-9-13(12)14(19)17-18-15(20)16-11-7-5-4-6-8-11/h9,11H,3-8H2,1-2H3,(H,17,19)(H2,16,18,20). The van der Waals surface area contributed by atoms with Gasteiger partial charge in [-0.1, -0.05) is 26.2 Å². The van der Waals surface area contributed by atoms with Crippen LogP contribution in [-0.2, 0) is 6.42 Å². The Bertz CT molecular complexity index is 507. The van der Waals surface area contributed by atoms with Gasteiger partial charge in [0.2, 0.25) is 0 Å². The molecule has 1 saturated carbocycles. The van der Waals surface area contributed by atoms with E-state index in [-0.39, 0.29) is 5.91 Å². The lowest BCUT2D eigenvalue weighted by Gasteiger charge is -2.24. The second kappa shape index (κ2) is 7.75. The molecule has 3 N–H and O–H groups in total. The molecular weight excluding hydrogens is 302 g/mol. The third kappa shape index (κ3) is 4.41. The molecule has 2 rings (SSSR count). The molecule has 1 aliphatic carbocycles. The molecule has 0 atom stereocenters. The molecule has 0 aliphatic heterocycles. The first kappa shape index (κ1) is 16.2. The maximum Gasteiger partial charge on any atom is 0.270 e. The molecule has 116 valence electrons. The highest BCUT2D eigenvalue weighted by molar-refractivity contribution is 7.80. The van der Waals surface area contributed by atoms with Crippen LogP contribution in [-0.4, -0.2) is 17.1 Å². The van der Waals surface area contributed by atoms with Crippen molar-refractivity contribution in [2.75, 3.05) is 0 Å². The van der Waals surface area contributed by atoms with Crippen molar-refractivity contribution in [3.05, 3.63) is 21.4 Å². The Morgan fingerprint density at radius 2 is 2.05 bits per heavy atom. The van der Waals surface area contributed by atoms with Crippen LogP contribution in [0.2, 0.25) is 0 Å². The fraction of sp³-hybridized carbons (Fsp3) is 0.600. The summed E-state index contributed by atoms with van der Waals surface area (Å²) in [6.45, 7) is 4.11. The number of amides is 1. The number of hydrogen-bond donors (Lipinski definition) is 3. The van der Waals surface area contributed by atoms with Gasteiger partial charge in [-0.2, -0.15) is 0 Å². The number of carbonyl (C=O) groups excluding carboxylic acids is 1. The minimum absolute atomic E-state index is 0.121. The van der Waals surface area contributed by atoms with Gasteiger partial charge in [0.15, 0.2) is 5.11 Å². The summed E-state index contributed by atoms with van der Waals surface area (Å²) >= 11 is 6.84. The van der Waals surface area contributed by atoms with E-state index in [1.165, 1.54) is 24.1 Å². The second-order valence-electron chi connectivity index (χ2n) is 5.43. The highest BCUT2D eigenvalue weighted by atomic mass is 32.1. The highest BCUT2D eigenvalue weighted by Crippen LogP contribution is 2.22. The van der Waals surface area contributed by atoms with E-state index in [1.54, 1.807) is 11.3 Å². The number of aryl methyl sites for hydroxylation is 1. The third-order valence-corrected chi connectivity index (χ3v) is 5.11. The Morgan fingerprint density at radius 3 is 2.71 bits per heavy atom. The minimum atomic E-state index is -0.121. The van der Waals surface area contributed by atoms with Crippen LogP contribution in [0.5, 0.6) is 0 Å². The normalized spacial score (nSPS) is 15.5. The summed E-state index contributed by atoms with van der Waals surface area (Å²) in [5, 5.41) is 5.67. The van der Waals surface area contributed by atoms with Crippen LogP contribution in [0.3, 0.4) is 0 Å². The summed E-state index contributed by atoms with van der Waals surface area (Å²) in [5.41, 5.74) is 7.36. The predicted octanol–water partition coefficient (Wildman–Crippen LogP) is 3.06. The maximum atomic E-state index is 12.2. The van der Waals surface area contributed by atoms with Crippen molar-refractivity contribution < 1.29 is 4.79 Å². The number of thiocarbonyl (C=S) groups is 1. The summed E-state index contributed by atoms with van der Waals surface area (Å²) < 4.78 is 0. The van der Waals surface area contributed by atoms with Crippen LogP contribution >= 0.6 is 23.6 Å². The van der Waals surface area contributed by atoms with E-state index >= 15 is 0 Å². The molecule has 21 heavy (non-hydrogen) atoms. The van der Waals surface area contributed by atoms with Crippen molar-refractivity contribution in [1.29, 1.82) is 0 Å². The lowest BCUT2D eigenvalue weighted by molar-refractivity contribution is 0.0943. The van der Waals surface area contributed by atoms with E-state index in [0.717, 1.165) is 30.4 Å². The lowest BCUT2D eigenvalue weighted by Crippen LogP contribution is -2.50. The lowest BCUT2D eigenvalue weighted by atomic mass is 9.96. The van der Waals surface area contributed by atoms with Gasteiger partial charge in [0.1, 0.15) is 0 Å². The zero-order chi connectivity index (χ0) is 15.2. The highest BCUT2D eigenvalue weighted by Gasteiger charge is 2.16. The van der Waals surface area contributed by atoms with E-state index in [1.807, 2.05) is 12.3 Å². The van der Waals surface area contributed by atoms with Gasteiger partial charge in [0.25, 0.3) is 5.91 Å². The minimum Gasteiger partial charge on any atom is -0.359 e. The molecule has 1 aromatic rings. The molecule has 0 aromatic carbocycles. The van der Waals surface area contributed by atoms with E-state index in [0.29, 0.717) is 11.2 Å². The molecule has 1 aromatic heterocycles. The number of hydrazine groups is 1. The molecular formula is C15H23N3OS2. The quantitative estimate of drug-likeness (QED) is 0.590. The Hall–Kier alpha value is -1.14. The fourth-order valence-electron chi connectivity index (χ4n) is 2.76. The first-order chi connectivity index (χ1) is 10.1. The molecule has 1 amide bonds. The predicted molar refractivity (Wildman–Crippen MR) is 91.6 cm³/mol. The molecule has 4 nitrogen and oxygen atoms in total. The molecule has 0 unspecified atom stereocenters. The third-order valence-electron chi connectivity index (χ3n) is 3.93. The van der Waals surface area contributed by atoms with Gasteiger partial charge in [0.05, 0.1) is 5.56 Å². The zero-order valence-corrected chi connectivity index (χ0v) is 14.3. The average Bonchev–Trinajstić information content (AvgIpc) is 2.86. The van der Waals surface area contributed by atoms with Gasteiger partial charge < -0.3 is 5.32 Å². The van der Waals surface area contributed by atoms with Gasteiger partial charge in [-0.25, -0.2) is 0 Å². The van der Waals surface area contributed by atoms with Crippen LogP contribution in [0.4, 0.5) is 0 Å². The first-order valence-electron chi connectivity index (χ1n) is 7.55. The van der Waals surface area contributed by atoms with E-state index in [2.05, 4.69) is 23.1 Å². The summed E-state index contributed by atoms with van der Waals surface area (Å²) in [7, 11) is 0. The Kier molecular flexibility index (Phi) is 5.99. The number of nitrogens with one attached hydrogen (secondary N) is 3. The topological polar surface area (TPSA) is 53.2 Å². The number of rotatable bonds is 3. The van der Waals surface area contributed by atoms with Crippen molar-refractivity contribution in [3.8, 4) is 0 Å². The van der Waals surface area contributed by atoms with Gasteiger partial charge in [-0.3, -0.25) is 15.6 Å². The first-order valence-corrected chi connectivity index (χ1v) is 8.84. The van der Waals surface area contributed by atoms with Crippen LogP contribution in [0, 0.1) is 6.92 Å². The molecule has 0 bridgehead atoms. The van der Waals surface area contributed by atoms with Gasteiger partial charge in [-0.15, -0.1) is 11.3 Å². The van der Waals surface area contributed by atoms with Crippen molar-refractivity contribution >= 4 is 34.6 Å². The monoisotopic (exact) mass is 325 g/mol. The Morgan fingerprint density at radius 1 is 1.33 bits per heavy atom. The molecule has 0 spiro atoms. The van der Waals surface area contributed by atoms with E-state index in [9.17, 15) is 4.79 Å². The number of hydrogen-bond acceptors (Lipinski definition) is 3. The van der Waals surface area contributed by atoms with Crippen molar-refractivity contribution in [2.24, 2.45) is 0 Å². The summed E-state index contributed by atoms with van der Waals surface area (Å²) in [4.78, 5) is 13.4. The van der Waals surface area contributed by atoms with Gasteiger partial charge in [0, 0.05) is 16.3 Å². The maximum absolute atomic E-state index is 12.2. The van der Waals surface area contributed by atoms with Crippen molar-refractivity contribution in [2.45, 2.75) is 58.4 Å². The van der Waals surface area contributed by atoms with Crippen molar-refractivity contribution in [3.63, 3.8) is 0 Å². The van der Waals surface area contributed by atoms with E-state index in [4.69, 9.17) is 12.2 Å². The summed E-state index contributed by atoms with van der Waals surface area (Å²) in [6, 6.07) is 0.435. The summed E-state index contributed by atoms with van der Waals surface area (Å²) in [5.74, 6) is -0.121. The average molecular weight is 326 g/mol. The van der Waals surface area contributed by atoms with Crippen LogP contribution in [0.1, 0.15) is 59.8 Å². The zero-order valence-electron chi connectivity index (χ0n) is 12.6. The summed E-state index contributed by atoms with van der Waals surface area (Å²) in [6.07, 6.45) is 6.98. The van der Waals surface area contributed by atoms with Crippen molar-refractivity contribution in [1.82, 2.24) is 16.2 Å². The van der Waals surface area contributed by atoms with Crippen LogP contribution in [0.15, 0.2) is 5.38 Å². The fourth-order valence-corrected chi connectivity index (χ4v) is 3.92. The second-order valence-corrected chi connectivity index (χ2v) is 6.92. The van der Waals surface area contributed by atoms with E-state index < -0.39 is 0 Å². The largest absolute Gasteiger partial charge is 0.359 e. The molecule has 1 heterocycles. The Labute approximate surface area is 135 Å². The molecule has 0 radical (unpaired) electrons. The van der Waals surface area contributed by atoms with Crippen LogP contribution in [0.25, 0.3) is 0 Å². The molecule has 6 heteroatoms. The Balaban J connectivity index is 1.81. The molecule has 1 aliphatic rings. The van der Waals surface area contributed by atoms with Gasteiger partial charge >= 0.3 is 0 Å². The smallest absolute Gasteiger partial charge is 0.270 e. The molecule has 1 fully saturated rings. The SMILES string of the molecule is CCc1c(C(=O)NNC(=S)NC2CCCCC2)csc1C. The number of carbonyl (C=O) groups is 1.